The van der Waals surface area contributed by atoms with Crippen LogP contribution in [0.3, 0.4) is 0 Å². The van der Waals surface area contributed by atoms with E-state index in [-0.39, 0.29) is 5.91 Å². The van der Waals surface area contributed by atoms with E-state index < -0.39 is 25.6 Å². The van der Waals surface area contributed by atoms with E-state index >= 15 is 0 Å². The monoisotopic (exact) mass is 365 g/mol. The molecule has 134 valence electrons. The number of hydrogen-bond donors (Lipinski definition) is 4. The van der Waals surface area contributed by atoms with Crippen LogP contribution in [0, 0.1) is 0 Å². The molecule has 0 aliphatic carbocycles. The van der Waals surface area contributed by atoms with Crippen molar-refractivity contribution in [2.45, 2.75) is 44.7 Å². The molecule has 2 unspecified atom stereocenters. The standard InChI is InChI=1S/C13H28N5O3PS/c1-3-7-16-12(19)11(6-9-23-2)17-22(15,21)18-8-4-5-10(14)13(18)20/h10-11H,3-9,14H2,1-2H3,(H,16,19)(H3,15,17,21)/t10-,11?,22?/m0/s1. The van der Waals surface area contributed by atoms with Gasteiger partial charge in [-0.3, -0.25) is 24.3 Å². The molecule has 3 atom stereocenters. The first-order valence-corrected chi connectivity index (χ1v) is 11.0. The summed E-state index contributed by atoms with van der Waals surface area (Å²) in [5, 5.41) is 5.49. The topological polar surface area (TPSA) is 131 Å². The predicted octanol–water partition coefficient (Wildman–Crippen LogP) is 0.240. The Morgan fingerprint density at radius 2 is 2.26 bits per heavy atom. The Morgan fingerprint density at radius 1 is 1.57 bits per heavy atom. The zero-order chi connectivity index (χ0) is 17.5. The SMILES string of the molecule is CCCNC(=O)C(CCSC)NP(N)(=O)N1CCC[C@H](N)C1=O. The van der Waals surface area contributed by atoms with Crippen LogP contribution in [-0.2, 0) is 14.2 Å². The molecule has 0 aromatic heterocycles. The molecule has 1 aliphatic rings. The molecule has 1 saturated heterocycles. The molecule has 0 saturated carbocycles. The second-order valence-electron chi connectivity index (χ2n) is 5.59. The lowest BCUT2D eigenvalue weighted by Crippen LogP contribution is -2.53. The van der Waals surface area contributed by atoms with Crippen molar-refractivity contribution in [3.8, 4) is 0 Å². The lowest BCUT2D eigenvalue weighted by molar-refractivity contribution is -0.130. The third-order valence-electron chi connectivity index (χ3n) is 3.63. The molecule has 1 aliphatic heterocycles. The van der Waals surface area contributed by atoms with Gasteiger partial charge in [0.2, 0.25) is 11.8 Å². The van der Waals surface area contributed by atoms with E-state index in [9.17, 15) is 14.2 Å². The number of nitrogens with zero attached hydrogens (tertiary/aromatic N) is 1. The van der Waals surface area contributed by atoms with Gasteiger partial charge in [-0.1, -0.05) is 6.92 Å². The van der Waals surface area contributed by atoms with Crippen molar-refractivity contribution < 1.29 is 14.2 Å². The molecular formula is C13H28N5O3PS. The summed E-state index contributed by atoms with van der Waals surface area (Å²) in [6.07, 6.45) is 4.42. The zero-order valence-electron chi connectivity index (χ0n) is 13.8. The quantitative estimate of drug-likeness (QED) is 0.431. The van der Waals surface area contributed by atoms with E-state index in [2.05, 4.69) is 10.4 Å². The number of amides is 2. The molecule has 0 aromatic rings. The van der Waals surface area contributed by atoms with Crippen LogP contribution >= 0.6 is 19.4 Å². The average Bonchev–Trinajstić information content (AvgIpc) is 2.51. The molecule has 0 aromatic carbocycles. The number of thioether (sulfide) groups is 1. The second-order valence-corrected chi connectivity index (χ2v) is 8.56. The Balaban J connectivity index is 2.80. The number of nitrogens with one attached hydrogen (secondary N) is 2. The third-order valence-corrected chi connectivity index (χ3v) is 6.07. The van der Waals surface area contributed by atoms with Crippen LogP contribution in [0.1, 0.15) is 32.6 Å². The number of nitrogens with two attached hydrogens (primary N) is 2. The minimum atomic E-state index is -3.66. The van der Waals surface area contributed by atoms with Gasteiger partial charge in [-0.15, -0.1) is 0 Å². The number of carbonyl (C=O) groups excluding carboxylic acids is 2. The minimum Gasteiger partial charge on any atom is -0.355 e. The van der Waals surface area contributed by atoms with E-state index in [1.807, 2.05) is 13.2 Å². The molecule has 8 nitrogen and oxygen atoms in total. The summed E-state index contributed by atoms with van der Waals surface area (Å²) >= 11 is 1.58. The summed E-state index contributed by atoms with van der Waals surface area (Å²) in [6.45, 7) is 2.78. The van der Waals surface area contributed by atoms with Gasteiger partial charge < -0.3 is 11.1 Å². The molecule has 10 heteroatoms. The summed E-state index contributed by atoms with van der Waals surface area (Å²) in [5.74, 6) is 0.0394. The van der Waals surface area contributed by atoms with E-state index in [0.717, 1.165) is 11.1 Å². The highest BCUT2D eigenvalue weighted by atomic mass is 32.2. The first kappa shape index (κ1) is 20.4. The van der Waals surface area contributed by atoms with Gasteiger partial charge in [0, 0.05) is 13.1 Å². The van der Waals surface area contributed by atoms with Gasteiger partial charge in [0.15, 0.2) is 0 Å². The van der Waals surface area contributed by atoms with Gasteiger partial charge >= 0.3 is 7.59 Å². The third kappa shape index (κ3) is 6.08. The first-order chi connectivity index (χ1) is 10.8. The number of piperidine rings is 1. The summed E-state index contributed by atoms with van der Waals surface area (Å²) in [6, 6.07) is -1.38. The minimum absolute atomic E-state index is 0.250. The summed E-state index contributed by atoms with van der Waals surface area (Å²) in [4.78, 5) is 24.3. The van der Waals surface area contributed by atoms with E-state index in [4.69, 9.17) is 11.2 Å². The average molecular weight is 365 g/mol. The molecule has 1 fully saturated rings. The van der Waals surface area contributed by atoms with Crippen LogP contribution in [0.5, 0.6) is 0 Å². The Morgan fingerprint density at radius 3 is 2.87 bits per heavy atom. The van der Waals surface area contributed by atoms with E-state index in [0.29, 0.717) is 38.1 Å². The predicted molar refractivity (Wildman–Crippen MR) is 93.9 cm³/mol. The van der Waals surface area contributed by atoms with Gasteiger partial charge in [-0.2, -0.15) is 11.8 Å². The van der Waals surface area contributed by atoms with Crippen LogP contribution < -0.4 is 21.6 Å². The maximum atomic E-state index is 12.8. The van der Waals surface area contributed by atoms with E-state index in [1.165, 1.54) is 0 Å². The lowest BCUT2D eigenvalue weighted by atomic mass is 10.1. The number of rotatable bonds is 9. The molecule has 0 bridgehead atoms. The van der Waals surface area contributed by atoms with Gasteiger partial charge in [-0.05, 0) is 37.7 Å². The highest BCUT2D eigenvalue weighted by molar-refractivity contribution is 7.98. The molecule has 0 radical (unpaired) electrons. The maximum Gasteiger partial charge on any atom is 0.306 e. The highest BCUT2D eigenvalue weighted by Crippen LogP contribution is 2.40. The first-order valence-electron chi connectivity index (χ1n) is 7.84. The lowest BCUT2D eigenvalue weighted by Gasteiger charge is -2.36. The van der Waals surface area contributed by atoms with Crippen molar-refractivity contribution in [3.05, 3.63) is 0 Å². The molecule has 0 spiro atoms. The van der Waals surface area contributed by atoms with Gasteiger partial charge in [0.1, 0.15) is 0 Å². The molecule has 6 N–H and O–H groups in total. The van der Waals surface area contributed by atoms with Crippen LogP contribution in [0.15, 0.2) is 0 Å². The maximum absolute atomic E-state index is 12.8. The Hall–Kier alpha value is -0.600. The van der Waals surface area contributed by atoms with Gasteiger partial charge in [-0.25, -0.2) is 5.09 Å². The summed E-state index contributed by atoms with van der Waals surface area (Å²) in [7, 11) is -3.66. The van der Waals surface area contributed by atoms with Crippen molar-refractivity contribution in [3.63, 3.8) is 0 Å². The van der Waals surface area contributed by atoms with Crippen molar-refractivity contribution in [1.29, 1.82) is 0 Å². The van der Waals surface area contributed by atoms with Crippen LogP contribution in [0.4, 0.5) is 0 Å². The Labute approximate surface area is 142 Å². The summed E-state index contributed by atoms with van der Waals surface area (Å²) < 4.78 is 13.9. The van der Waals surface area contributed by atoms with Crippen molar-refractivity contribution in [2.75, 3.05) is 25.1 Å². The normalized spacial score (nSPS) is 22.5. The zero-order valence-corrected chi connectivity index (χ0v) is 15.5. The second kappa shape index (κ2) is 9.64. The molecule has 23 heavy (non-hydrogen) atoms. The van der Waals surface area contributed by atoms with Crippen LogP contribution in [0.25, 0.3) is 0 Å². The van der Waals surface area contributed by atoms with Crippen LogP contribution in [0.2, 0.25) is 0 Å². The van der Waals surface area contributed by atoms with Crippen molar-refractivity contribution in [1.82, 2.24) is 15.1 Å². The summed E-state index contributed by atoms with van der Waals surface area (Å²) in [5.41, 5.74) is 11.6. The van der Waals surface area contributed by atoms with Gasteiger partial charge in [0.25, 0.3) is 0 Å². The smallest absolute Gasteiger partial charge is 0.306 e. The van der Waals surface area contributed by atoms with Gasteiger partial charge in [0.05, 0.1) is 12.1 Å². The largest absolute Gasteiger partial charge is 0.355 e. The van der Waals surface area contributed by atoms with Crippen molar-refractivity contribution in [2.24, 2.45) is 11.2 Å². The number of carbonyl (C=O) groups is 2. The highest BCUT2D eigenvalue weighted by Gasteiger charge is 2.38. The molecule has 1 heterocycles. The van der Waals surface area contributed by atoms with Crippen LogP contribution in [-0.4, -0.2) is 53.7 Å². The fraction of sp³-hybridized carbons (Fsp3) is 0.846. The Bertz CT molecular complexity index is 465. The van der Waals surface area contributed by atoms with Crippen molar-refractivity contribution >= 4 is 31.2 Å². The molecular weight excluding hydrogens is 337 g/mol. The number of hydrogen-bond acceptors (Lipinski definition) is 5. The van der Waals surface area contributed by atoms with E-state index in [1.54, 1.807) is 11.8 Å². The molecule has 2 amide bonds. The Kier molecular flexibility index (Phi) is 8.57. The fourth-order valence-corrected chi connectivity index (χ4v) is 4.52. The molecule has 1 rings (SSSR count). The fourth-order valence-electron chi connectivity index (χ4n) is 2.34.